The van der Waals surface area contributed by atoms with Crippen molar-refractivity contribution in [2.45, 2.75) is 64.6 Å². The molecule has 0 amide bonds. The van der Waals surface area contributed by atoms with Crippen LogP contribution in [0, 0.1) is 0 Å². The number of nitrogens with one attached hydrogen (secondary N) is 1. The Hall–Kier alpha value is -0.610. The lowest BCUT2D eigenvalue weighted by atomic mass is 10.1. The molecule has 1 unspecified atom stereocenters. The van der Waals surface area contributed by atoms with Crippen LogP contribution < -0.4 is 5.32 Å². The fourth-order valence-corrected chi connectivity index (χ4v) is 2.32. The van der Waals surface area contributed by atoms with E-state index in [1.807, 2.05) is 6.92 Å². The highest BCUT2D eigenvalue weighted by Crippen LogP contribution is 2.20. The quantitative estimate of drug-likeness (QED) is 0.639. The minimum Gasteiger partial charge on any atom is -0.465 e. The summed E-state index contributed by atoms with van der Waals surface area (Å²) in [6.07, 6.45) is 4.60. The molecule has 1 fully saturated rings. The van der Waals surface area contributed by atoms with Crippen molar-refractivity contribution in [1.82, 2.24) is 10.2 Å². The van der Waals surface area contributed by atoms with E-state index >= 15 is 0 Å². The van der Waals surface area contributed by atoms with Crippen molar-refractivity contribution in [2.24, 2.45) is 0 Å². The average Bonchev–Trinajstić information content (AvgIpc) is 3.14. The fraction of sp³-hybridized carbons (Fsp3) is 0.929. The van der Waals surface area contributed by atoms with Gasteiger partial charge in [0.1, 0.15) is 6.04 Å². The van der Waals surface area contributed by atoms with E-state index in [0.717, 1.165) is 19.4 Å². The van der Waals surface area contributed by atoms with Crippen LogP contribution in [0.1, 0.15) is 46.5 Å². The molecule has 1 saturated carbocycles. The Kier molecular flexibility index (Phi) is 6.65. The number of ether oxygens (including phenoxy) is 1. The lowest BCUT2D eigenvalue weighted by molar-refractivity contribution is -0.146. The zero-order valence-electron chi connectivity index (χ0n) is 12.2. The zero-order chi connectivity index (χ0) is 13.5. The van der Waals surface area contributed by atoms with Crippen molar-refractivity contribution in [3.05, 3.63) is 0 Å². The number of carbonyl (C=O) groups is 1. The molecule has 0 saturated heterocycles. The third-order valence-electron chi connectivity index (χ3n) is 3.62. The molecule has 0 aliphatic heterocycles. The van der Waals surface area contributed by atoms with Crippen LogP contribution in [-0.4, -0.2) is 49.2 Å². The summed E-state index contributed by atoms with van der Waals surface area (Å²) in [7, 11) is 2.10. The number of hydrogen-bond acceptors (Lipinski definition) is 4. The third-order valence-corrected chi connectivity index (χ3v) is 3.62. The zero-order valence-corrected chi connectivity index (χ0v) is 12.2. The number of hydrogen-bond donors (Lipinski definition) is 1. The molecule has 1 atom stereocenters. The van der Waals surface area contributed by atoms with E-state index in [1.165, 1.54) is 12.8 Å². The summed E-state index contributed by atoms with van der Waals surface area (Å²) < 4.78 is 5.15. The van der Waals surface area contributed by atoms with Gasteiger partial charge in [0.25, 0.3) is 0 Å². The van der Waals surface area contributed by atoms with Crippen molar-refractivity contribution in [3.63, 3.8) is 0 Å². The molecular formula is C14H28N2O2. The van der Waals surface area contributed by atoms with E-state index in [4.69, 9.17) is 4.74 Å². The summed E-state index contributed by atoms with van der Waals surface area (Å²) in [5.41, 5.74) is 0. The SMILES string of the molecule is CCOC(=O)C(CN(C)C(CC)CC)NC1CC1. The van der Waals surface area contributed by atoms with E-state index in [1.54, 1.807) is 0 Å². The molecule has 106 valence electrons. The first kappa shape index (κ1) is 15.4. The average molecular weight is 256 g/mol. The summed E-state index contributed by atoms with van der Waals surface area (Å²) in [6, 6.07) is 0.889. The predicted molar refractivity (Wildman–Crippen MR) is 73.6 cm³/mol. The summed E-state index contributed by atoms with van der Waals surface area (Å²) in [4.78, 5) is 14.2. The maximum Gasteiger partial charge on any atom is 0.324 e. The van der Waals surface area contributed by atoms with Gasteiger partial charge in [-0.05, 0) is 39.7 Å². The maximum absolute atomic E-state index is 11.9. The highest BCUT2D eigenvalue weighted by molar-refractivity contribution is 5.76. The number of nitrogens with zero attached hydrogens (tertiary/aromatic N) is 1. The van der Waals surface area contributed by atoms with Crippen molar-refractivity contribution >= 4 is 5.97 Å². The Bertz CT molecular complexity index is 250. The number of carbonyl (C=O) groups excluding carboxylic acids is 1. The van der Waals surface area contributed by atoms with Gasteiger partial charge < -0.3 is 15.0 Å². The van der Waals surface area contributed by atoms with Gasteiger partial charge in [0.2, 0.25) is 0 Å². The Morgan fingerprint density at radius 3 is 2.39 bits per heavy atom. The summed E-state index contributed by atoms with van der Waals surface area (Å²) in [6.45, 7) is 7.44. The maximum atomic E-state index is 11.9. The standard InChI is InChI=1S/C14H28N2O2/c1-5-12(6-2)16(4)10-13(14(17)18-7-3)15-11-8-9-11/h11-13,15H,5-10H2,1-4H3. The van der Waals surface area contributed by atoms with Crippen molar-refractivity contribution in [1.29, 1.82) is 0 Å². The second-order valence-electron chi connectivity index (χ2n) is 5.16. The number of rotatable bonds is 9. The number of likely N-dealkylation sites (N-methyl/N-ethyl adjacent to an activating group) is 1. The Morgan fingerprint density at radius 1 is 1.33 bits per heavy atom. The van der Waals surface area contributed by atoms with E-state index in [9.17, 15) is 4.79 Å². The molecule has 0 bridgehead atoms. The fourth-order valence-electron chi connectivity index (χ4n) is 2.32. The summed E-state index contributed by atoms with van der Waals surface area (Å²) >= 11 is 0. The normalized spacial score (nSPS) is 17.2. The van der Waals surface area contributed by atoms with Gasteiger partial charge >= 0.3 is 5.97 Å². The highest BCUT2D eigenvalue weighted by Gasteiger charge is 2.30. The summed E-state index contributed by atoms with van der Waals surface area (Å²) in [5, 5.41) is 3.39. The monoisotopic (exact) mass is 256 g/mol. The van der Waals surface area contributed by atoms with Crippen molar-refractivity contribution in [2.75, 3.05) is 20.2 Å². The third kappa shape index (κ3) is 4.94. The van der Waals surface area contributed by atoms with Gasteiger partial charge in [-0.2, -0.15) is 0 Å². The molecule has 0 aromatic carbocycles. The van der Waals surface area contributed by atoms with E-state index < -0.39 is 0 Å². The molecule has 0 aromatic heterocycles. The molecule has 4 nitrogen and oxygen atoms in total. The van der Waals surface area contributed by atoms with Crippen LogP contribution in [0.2, 0.25) is 0 Å². The van der Waals surface area contributed by atoms with Gasteiger partial charge in [-0.3, -0.25) is 4.79 Å². The van der Waals surface area contributed by atoms with Crippen LogP contribution in [0.5, 0.6) is 0 Å². The van der Waals surface area contributed by atoms with E-state index in [0.29, 0.717) is 18.7 Å². The van der Waals surface area contributed by atoms with Crippen LogP contribution in [-0.2, 0) is 9.53 Å². The first-order valence-electron chi connectivity index (χ1n) is 7.25. The smallest absolute Gasteiger partial charge is 0.324 e. The van der Waals surface area contributed by atoms with Gasteiger partial charge in [-0.15, -0.1) is 0 Å². The second kappa shape index (κ2) is 7.74. The number of esters is 1. The highest BCUT2D eigenvalue weighted by atomic mass is 16.5. The minimum absolute atomic E-state index is 0.109. The second-order valence-corrected chi connectivity index (χ2v) is 5.16. The topological polar surface area (TPSA) is 41.6 Å². The van der Waals surface area contributed by atoms with Crippen LogP contribution in [0.4, 0.5) is 0 Å². The van der Waals surface area contributed by atoms with E-state index in [2.05, 4.69) is 31.1 Å². The molecule has 18 heavy (non-hydrogen) atoms. The van der Waals surface area contributed by atoms with Gasteiger partial charge in [0.15, 0.2) is 0 Å². The van der Waals surface area contributed by atoms with Crippen LogP contribution in [0.25, 0.3) is 0 Å². The van der Waals surface area contributed by atoms with Crippen LogP contribution in [0.15, 0.2) is 0 Å². The lowest BCUT2D eigenvalue weighted by Gasteiger charge is -2.29. The molecule has 0 spiro atoms. The molecular weight excluding hydrogens is 228 g/mol. The molecule has 0 aromatic rings. The van der Waals surface area contributed by atoms with Crippen LogP contribution in [0.3, 0.4) is 0 Å². The van der Waals surface area contributed by atoms with Gasteiger partial charge in [-0.25, -0.2) is 0 Å². The first-order valence-corrected chi connectivity index (χ1v) is 7.25. The van der Waals surface area contributed by atoms with Gasteiger partial charge in [0.05, 0.1) is 6.61 Å². The Balaban J connectivity index is 2.50. The summed E-state index contributed by atoms with van der Waals surface area (Å²) in [5.74, 6) is -0.109. The van der Waals surface area contributed by atoms with Gasteiger partial charge in [0, 0.05) is 18.6 Å². The van der Waals surface area contributed by atoms with Crippen LogP contribution >= 0.6 is 0 Å². The van der Waals surface area contributed by atoms with Gasteiger partial charge in [-0.1, -0.05) is 13.8 Å². The Labute approximate surface area is 111 Å². The molecule has 1 aliphatic carbocycles. The first-order chi connectivity index (χ1) is 8.62. The van der Waals surface area contributed by atoms with E-state index in [-0.39, 0.29) is 12.0 Å². The molecule has 0 heterocycles. The van der Waals surface area contributed by atoms with Crippen molar-refractivity contribution in [3.8, 4) is 0 Å². The largest absolute Gasteiger partial charge is 0.465 e. The van der Waals surface area contributed by atoms with Crippen molar-refractivity contribution < 1.29 is 9.53 Å². The predicted octanol–water partition coefficient (Wildman–Crippen LogP) is 1.79. The molecule has 4 heteroatoms. The Morgan fingerprint density at radius 2 is 1.94 bits per heavy atom. The molecule has 1 N–H and O–H groups in total. The molecule has 1 rings (SSSR count). The lowest BCUT2D eigenvalue weighted by Crippen LogP contribution is -2.49. The molecule has 0 radical (unpaired) electrons. The molecule has 1 aliphatic rings. The minimum atomic E-state index is -0.178.